The van der Waals surface area contributed by atoms with Gasteiger partial charge in [-0.05, 0) is 37.3 Å². The fraction of sp³-hybridized carbons (Fsp3) is 0.167. The highest BCUT2D eigenvalue weighted by molar-refractivity contribution is 5.95. The Kier molecular flexibility index (Phi) is 5.16. The van der Waals surface area contributed by atoms with E-state index < -0.39 is 0 Å². The number of hydrogen-bond donors (Lipinski definition) is 1. The number of rotatable bonds is 5. The van der Waals surface area contributed by atoms with Crippen LogP contribution >= 0.6 is 0 Å². The molecule has 3 nitrogen and oxygen atoms in total. The summed E-state index contributed by atoms with van der Waals surface area (Å²) in [6, 6.07) is 13.0. The van der Waals surface area contributed by atoms with Crippen LogP contribution in [0.3, 0.4) is 0 Å². The third kappa shape index (κ3) is 4.21. The highest BCUT2D eigenvalue weighted by Gasteiger charge is 2.06. The molecular formula is C18H19NO2. The number of furan rings is 1. The van der Waals surface area contributed by atoms with Crippen molar-refractivity contribution in [3.8, 4) is 0 Å². The molecular weight excluding hydrogens is 262 g/mol. The third-order valence-electron chi connectivity index (χ3n) is 3.16. The van der Waals surface area contributed by atoms with Crippen LogP contribution in [0.15, 0.2) is 77.1 Å². The fourth-order valence-electron chi connectivity index (χ4n) is 1.90. The number of amides is 1. The Labute approximate surface area is 125 Å². The lowest BCUT2D eigenvalue weighted by Gasteiger charge is -2.07. The van der Waals surface area contributed by atoms with E-state index in [1.807, 2.05) is 62.4 Å². The Morgan fingerprint density at radius 1 is 1.19 bits per heavy atom. The molecule has 21 heavy (non-hydrogen) atoms. The van der Waals surface area contributed by atoms with Gasteiger partial charge >= 0.3 is 0 Å². The van der Waals surface area contributed by atoms with Gasteiger partial charge in [-0.2, -0.15) is 0 Å². The van der Waals surface area contributed by atoms with Gasteiger partial charge in [0.05, 0.1) is 6.26 Å². The van der Waals surface area contributed by atoms with Gasteiger partial charge in [-0.3, -0.25) is 4.79 Å². The van der Waals surface area contributed by atoms with Crippen LogP contribution in [0.4, 0.5) is 0 Å². The molecule has 2 aromatic rings. The topological polar surface area (TPSA) is 42.2 Å². The van der Waals surface area contributed by atoms with E-state index >= 15 is 0 Å². The van der Waals surface area contributed by atoms with Crippen molar-refractivity contribution in [3.63, 3.8) is 0 Å². The summed E-state index contributed by atoms with van der Waals surface area (Å²) in [6.07, 6.45) is 7.42. The predicted molar refractivity (Wildman–Crippen MR) is 83.9 cm³/mol. The molecule has 1 heterocycles. The van der Waals surface area contributed by atoms with Crippen LogP contribution in [-0.2, 0) is 0 Å². The largest absolute Gasteiger partial charge is 0.469 e. The number of nitrogens with one attached hydrogen (secondary N) is 1. The Hall–Kier alpha value is -2.55. The predicted octanol–water partition coefficient (Wildman–Crippen LogP) is 4.27. The zero-order valence-corrected chi connectivity index (χ0v) is 12.2. The average molecular weight is 281 g/mol. The van der Waals surface area contributed by atoms with Crippen molar-refractivity contribution >= 4 is 5.91 Å². The summed E-state index contributed by atoms with van der Waals surface area (Å²) >= 11 is 0. The molecule has 0 spiro atoms. The van der Waals surface area contributed by atoms with Gasteiger partial charge in [0.1, 0.15) is 5.76 Å². The lowest BCUT2D eigenvalue weighted by Crippen LogP contribution is -2.21. The minimum Gasteiger partial charge on any atom is -0.469 e. The minimum absolute atomic E-state index is 0.112. The van der Waals surface area contributed by atoms with Crippen molar-refractivity contribution in [2.75, 3.05) is 0 Å². The van der Waals surface area contributed by atoms with Crippen LogP contribution in [0.2, 0.25) is 0 Å². The molecule has 2 rings (SSSR count). The second-order valence-corrected chi connectivity index (χ2v) is 4.73. The summed E-state index contributed by atoms with van der Waals surface area (Å²) in [5.74, 6) is 0.943. The zero-order valence-electron chi connectivity index (χ0n) is 12.2. The van der Waals surface area contributed by atoms with Gasteiger partial charge in [0, 0.05) is 17.2 Å². The number of benzene rings is 1. The molecule has 0 fully saturated rings. The molecule has 0 aliphatic rings. The molecule has 1 aromatic carbocycles. The van der Waals surface area contributed by atoms with Gasteiger partial charge < -0.3 is 9.73 Å². The molecule has 0 radical (unpaired) electrons. The summed E-state index contributed by atoms with van der Waals surface area (Å²) in [5, 5.41) is 2.89. The minimum atomic E-state index is -0.112. The number of carbonyl (C=O) groups excluding carboxylic acids is 1. The monoisotopic (exact) mass is 281 g/mol. The first-order chi connectivity index (χ1) is 10.2. The Bertz CT molecular complexity index is 625. The van der Waals surface area contributed by atoms with Gasteiger partial charge in [0.15, 0.2) is 0 Å². The molecule has 3 heteroatoms. The molecule has 0 saturated heterocycles. The molecule has 1 aromatic heterocycles. The molecule has 0 unspecified atom stereocenters. The van der Waals surface area contributed by atoms with E-state index in [1.54, 1.807) is 18.4 Å². The molecule has 0 bridgehead atoms. The Morgan fingerprint density at radius 3 is 2.57 bits per heavy atom. The van der Waals surface area contributed by atoms with Crippen LogP contribution in [0.25, 0.3) is 0 Å². The van der Waals surface area contributed by atoms with Crippen LogP contribution in [0.1, 0.15) is 35.9 Å². The first kappa shape index (κ1) is 14.9. The van der Waals surface area contributed by atoms with Crippen molar-refractivity contribution < 1.29 is 9.21 Å². The second-order valence-electron chi connectivity index (χ2n) is 4.73. The molecule has 0 aliphatic heterocycles. The summed E-state index contributed by atoms with van der Waals surface area (Å²) < 4.78 is 5.35. The molecule has 108 valence electrons. The van der Waals surface area contributed by atoms with Gasteiger partial charge in [-0.1, -0.05) is 37.3 Å². The third-order valence-corrected chi connectivity index (χ3v) is 3.16. The van der Waals surface area contributed by atoms with Crippen molar-refractivity contribution in [2.45, 2.75) is 19.8 Å². The number of carbonyl (C=O) groups is 1. The Morgan fingerprint density at radius 2 is 1.95 bits per heavy atom. The van der Waals surface area contributed by atoms with Gasteiger partial charge in [0.25, 0.3) is 5.91 Å². The van der Waals surface area contributed by atoms with Gasteiger partial charge in [0.2, 0.25) is 0 Å². The summed E-state index contributed by atoms with van der Waals surface area (Å²) in [6.45, 7) is 3.93. The van der Waals surface area contributed by atoms with Crippen LogP contribution in [0, 0.1) is 0 Å². The van der Waals surface area contributed by atoms with E-state index in [4.69, 9.17) is 4.42 Å². The SMILES string of the molecule is C/C=C(\C=C/[C@H](C)c1ccco1)NC(=O)c1ccccc1. The smallest absolute Gasteiger partial charge is 0.255 e. The first-order valence-corrected chi connectivity index (χ1v) is 6.95. The van der Waals surface area contributed by atoms with E-state index in [0.29, 0.717) is 5.56 Å². The van der Waals surface area contributed by atoms with Crippen molar-refractivity contribution in [2.24, 2.45) is 0 Å². The summed E-state index contributed by atoms with van der Waals surface area (Å²) in [7, 11) is 0. The van der Waals surface area contributed by atoms with Gasteiger partial charge in [-0.25, -0.2) is 0 Å². The molecule has 0 aliphatic carbocycles. The highest BCUT2D eigenvalue weighted by atomic mass is 16.3. The fourth-order valence-corrected chi connectivity index (χ4v) is 1.90. The quantitative estimate of drug-likeness (QED) is 0.831. The zero-order chi connectivity index (χ0) is 15.1. The van der Waals surface area contributed by atoms with E-state index in [9.17, 15) is 4.79 Å². The standard InChI is InChI=1S/C18H19NO2/c1-3-16(12-11-14(2)17-10-7-13-21-17)19-18(20)15-8-5-4-6-9-15/h3-14H,1-2H3,(H,19,20)/b12-11-,16-3+/t14-/m0/s1. The van der Waals surface area contributed by atoms with Gasteiger partial charge in [-0.15, -0.1) is 0 Å². The number of allylic oxidation sites excluding steroid dienone is 3. The highest BCUT2D eigenvalue weighted by Crippen LogP contribution is 2.17. The second kappa shape index (κ2) is 7.29. The maximum absolute atomic E-state index is 12.1. The van der Waals surface area contributed by atoms with E-state index in [1.165, 1.54) is 0 Å². The van der Waals surface area contributed by atoms with Crippen molar-refractivity contribution in [3.05, 3.63) is 84.0 Å². The summed E-state index contributed by atoms with van der Waals surface area (Å²) in [5.41, 5.74) is 1.41. The maximum atomic E-state index is 12.1. The number of hydrogen-bond acceptors (Lipinski definition) is 2. The molecule has 0 saturated carbocycles. The lowest BCUT2D eigenvalue weighted by atomic mass is 10.1. The summed E-state index contributed by atoms with van der Waals surface area (Å²) in [4.78, 5) is 12.1. The first-order valence-electron chi connectivity index (χ1n) is 6.95. The molecule has 1 atom stereocenters. The van der Waals surface area contributed by atoms with Crippen LogP contribution in [-0.4, -0.2) is 5.91 Å². The Balaban J connectivity index is 1.99. The van der Waals surface area contributed by atoms with Crippen molar-refractivity contribution in [1.29, 1.82) is 0 Å². The van der Waals surface area contributed by atoms with E-state index in [0.717, 1.165) is 11.5 Å². The van der Waals surface area contributed by atoms with Crippen LogP contribution < -0.4 is 5.32 Å². The molecule has 1 N–H and O–H groups in total. The average Bonchev–Trinajstić information content (AvgIpc) is 3.06. The lowest BCUT2D eigenvalue weighted by molar-refractivity contribution is 0.0967. The maximum Gasteiger partial charge on any atom is 0.255 e. The molecule has 1 amide bonds. The van der Waals surface area contributed by atoms with Crippen LogP contribution in [0.5, 0.6) is 0 Å². The van der Waals surface area contributed by atoms with E-state index in [2.05, 4.69) is 5.32 Å². The normalized spacial score (nSPS) is 13.3. The van der Waals surface area contributed by atoms with E-state index in [-0.39, 0.29) is 11.8 Å². The van der Waals surface area contributed by atoms with Crippen molar-refractivity contribution in [1.82, 2.24) is 5.32 Å².